The molecule has 1 aliphatic carbocycles. The van der Waals surface area contributed by atoms with Gasteiger partial charge in [0.15, 0.2) is 0 Å². The number of nitrogens with one attached hydrogen (secondary N) is 3. The minimum absolute atomic E-state index is 0.0108. The fraction of sp³-hybridized carbons (Fsp3) is 0.611. The van der Waals surface area contributed by atoms with Crippen molar-refractivity contribution in [2.75, 3.05) is 13.1 Å². The summed E-state index contributed by atoms with van der Waals surface area (Å²) in [5.74, 6) is -0.204. The van der Waals surface area contributed by atoms with Crippen LogP contribution in [0.1, 0.15) is 54.4 Å². The molecule has 0 spiro atoms. The fourth-order valence-corrected chi connectivity index (χ4v) is 5.17. The van der Waals surface area contributed by atoms with Crippen LogP contribution < -0.4 is 15.4 Å². The van der Waals surface area contributed by atoms with Crippen LogP contribution in [0.15, 0.2) is 23.1 Å². The zero-order chi connectivity index (χ0) is 17.9. The van der Waals surface area contributed by atoms with E-state index in [-0.39, 0.29) is 22.9 Å². The third-order valence-corrected chi connectivity index (χ3v) is 6.75. The van der Waals surface area contributed by atoms with Gasteiger partial charge in [-0.2, -0.15) is 0 Å². The average Bonchev–Trinajstić information content (AvgIpc) is 3.08. The van der Waals surface area contributed by atoms with Crippen molar-refractivity contribution in [3.63, 3.8) is 0 Å². The predicted octanol–water partition coefficient (Wildman–Crippen LogP) is 1.70. The normalized spacial score (nSPS) is 19.9. The summed E-state index contributed by atoms with van der Waals surface area (Å²) in [7, 11) is -3.60. The second kappa shape index (κ2) is 7.85. The van der Waals surface area contributed by atoms with Crippen LogP contribution in [0.2, 0.25) is 0 Å². The van der Waals surface area contributed by atoms with Gasteiger partial charge < -0.3 is 10.6 Å². The third-order valence-electron chi connectivity index (χ3n) is 5.09. The molecule has 1 saturated carbocycles. The number of aryl methyl sites for hydroxylation is 1. The summed E-state index contributed by atoms with van der Waals surface area (Å²) in [6, 6.07) is 5.06. The van der Waals surface area contributed by atoms with Crippen LogP contribution in [-0.2, 0) is 10.0 Å². The van der Waals surface area contributed by atoms with Crippen LogP contribution in [0.25, 0.3) is 0 Å². The number of carbonyl (C=O) groups is 1. The van der Waals surface area contributed by atoms with E-state index in [1.165, 1.54) is 6.07 Å². The van der Waals surface area contributed by atoms with E-state index in [4.69, 9.17) is 0 Å². The molecule has 7 heteroatoms. The molecule has 1 heterocycles. The molecule has 0 aromatic heterocycles. The van der Waals surface area contributed by atoms with E-state index in [9.17, 15) is 13.2 Å². The zero-order valence-corrected chi connectivity index (χ0v) is 15.5. The van der Waals surface area contributed by atoms with Crippen molar-refractivity contribution < 1.29 is 13.2 Å². The lowest BCUT2D eigenvalue weighted by molar-refractivity contribution is 0.0929. The van der Waals surface area contributed by atoms with Gasteiger partial charge in [-0.3, -0.25) is 4.79 Å². The van der Waals surface area contributed by atoms with Crippen molar-refractivity contribution in [3.8, 4) is 0 Å². The fourth-order valence-electron chi connectivity index (χ4n) is 3.59. The summed E-state index contributed by atoms with van der Waals surface area (Å²) in [5, 5.41) is 6.27. The Morgan fingerprint density at radius 1 is 1.08 bits per heavy atom. The summed E-state index contributed by atoms with van der Waals surface area (Å²) >= 11 is 0. The molecule has 1 aliphatic heterocycles. The van der Waals surface area contributed by atoms with Crippen molar-refractivity contribution in [1.82, 2.24) is 15.4 Å². The molecule has 1 amide bonds. The number of rotatable bonds is 5. The van der Waals surface area contributed by atoms with Gasteiger partial charge in [0.05, 0.1) is 4.90 Å². The van der Waals surface area contributed by atoms with Gasteiger partial charge in [-0.1, -0.05) is 18.9 Å². The highest BCUT2D eigenvalue weighted by Gasteiger charge is 2.25. The number of piperidine rings is 1. The quantitative estimate of drug-likeness (QED) is 0.741. The first-order chi connectivity index (χ1) is 12.0. The number of hydrogen-bond donors (Lipinski definition) is 3. The van der Waals surface area contributed by atoms with Crippen LogP contribution in [-0.4, -0.2) is 39.5 Å². The van der Waals surface area contributed by atoms with Gasteiger partial charge in [-0.15, -0.1) is 0 Å². The number of sulfonamides is 1. The molecule has 0 unspecified atom stereocenters. The molecule has 0 bridgehead atoms. The van der Waals surface area contributed by atoms with E-state index in [2.05, 4.69) is 15.4 Å². The molecule has 3 N–H and O–H groups in total. The van der Waals surface area contributed by atoms with Crippen molar-refractivity contribution >= 4 is 15.9 Å². The van der Waals surface area contributed by atoms with Crippen molar-refractivity contribution in [2.24, 2.45) is 0 Å². The average molecular weight is 365 g/mol. The maximum Gasteiger partial charge on any atom is 0.251 e. The molecule has 2 fully saturated rings. The highest BCUT2D eigenvalue weighted by molar-refractivity contribution is 7.89. The number of hydrogen-bond acceptors (Lipinski definition) is 4. The predicted molar refractivity (Wildman–Crippen MR) is 97.1 cm³/mol. The van der Waals surface area contributed by atoms with Gasteiger partial charge in [-0.05, 0) is 63.4 Å². The van der Waals surface area contributed by atoms with E-state index in [0.717, 1.165) is 51.6 Å². The minimum atomic E-state index is -3.60. The lowest BCUT2D eigenvalue weighted by Crippen LogP contribution is -2.42. The Balaban J connectivity index is 1.76. The van der Waals surface area contributed by atoms with Crippen molar-refractivity contribution in [2.45, 2.75) is 62.4 Å². The summed E-state index contributed by atoms with van der Waals surface area (Å²) in [6.45, 7) is 3.55. The summed E-state index contributed by atoms with van der Waals surface area (Å²) in [5.41, 5.74) is 1.06. The first-order valence-corrected chi connectivity index (χ1v) is 10.6. The highest BCUT2D eigenvalue weighted by atomic mass is 32.2. The Morgan fingerprint density at radius 3 is 2.44 bits per heavy atom. The van der Waals surface area contributed by atoms with Gasteiger partial charge in [0.1, 0.15) is 0 Å². The van der Waals surface area contributed by atoms with Crippen molar-refractivity contribution in [3.05, 3.63) is 29.3 Å². The van der Waals surface area contributed by atoms with Gasteiger partial charge in [0.2, 0.25) is 10.0 Å². The summed E-state index contributed by atoms with van der Waals surface area (Å²) in [4.78, 5) is 12.7. The lowest BCUT2D eigenvalue weighted by atomic mass is 10.1. The van der Waals surface area contributed by atoms with Crippen LogP contribution in [0.5, 0.6) is 0 Å². The Bertz CT molecular complexity index is 721. The lowest BCUT2D eigenvalue weighted by Gasteiger charge is -2.23. The Morgan fingerprint density at radius 2 is 1.76 bits per heavy atom. The van der Waals surface area contributed by atoms with Crippen LogP contribution in [0, 0.1) is 6.92 Å². The molecule has 138 valence electrons. The molecule has 25 heavy (non-hydrogen) atoms. The maximum absolute atomic E-state index is 12.7. The Hall–Kier alpha value is -1.44. The molecule has 0 radical (unpaired) electrons. The molecule has 1 aromatic rings. The Labute approximate surface area is 149 Å². The number of carbonyl (C=O) groups excluding carboxylic acids is 1. The number of benzene rings is 1. The van der Waals surface area contributed by atoms with E-state index < -0.39 is 10.0 Å². The SMILES string of the molecule is Cc1ccc(C(=O)NC2CCNCC2)cc1S(=O)(=O)NC1CCCC1. The standard InChI is InChI=1S/C18H27N3O3S/c1-13-6-7-14(18(22)20-15-8-10-19-11-9-15)12-17(13)25(23,24)21-16-4-2-3-5-16/h6-7,12,15-16,19,21H,2-5,8-11H2,1H3,(H,20,22). The van der Waals surface area contributed by atoms with Crippen molar-refractivity contribution in [1.29, 1.82) is 0 Å². The largest absolute Gasteiger partial charge is 0.349 e. The van der Waals surface area contributed by atoms with E-state index in [0.29, 0.717) is 11.1 Å². The van der Waals surface area contributed by atoms with Gasteiger partial charge in [0.25, 0.3) is 5.91 Å². The molecule has 3 rings (SSSR count). The van der Waals surface area contributed by atoms with E-state index in [1.807, 2.05) is 0 Å². The molecule has 0 atom stereocenters. The molecule has 2 aliphatic rings. The van der Waals surface area contributed by atoms with Gasteiger partial charge in [0, 0.05) is 17.6 Å². The summed E-state index contributed by atoms with van der Waals surface area (Å²) < 4.78 is 28.2. The zero-order valence-electron chi connectivity index (χ0n) is 14.7. The second-order valence-electron chi connectivity index (χ2n) is 7.08. The number of amides is 1. The molecule has 6 nitrogen and oxygen atoms in total. The second-order valence-corrected chi connectivity index (χ2v) is 8.76. The molecular weight excluding hydrogens is 338 g/mol. The monoisotopic (exact) mass is 365 g/mol. The van der Waals surface area contributed by atoms with E-state index in [1.54, 1.807) is 19.1 Å². The molecular formula is C18H27N3O3S. The Kier molecular flexibility index (Phi) is 5.76. The smallest absolute Gasteiger partial charge is 0.251 e. The van der Waals surface area contributed by atoms with Gasteiger partial charge in [-0.25, -0.2) is 13.1 Å². The third kappa shape index (κ3) is 4.59. The molecule has 1 aromatic carbocycles. The summed E-state index contributed by atoms with van der Waals surface area (Å²) in [6.07, 6.45) is 5.68. The van der Waals surface area contributed by atoms with E-state index >= 15 is 0 Å². The molecule has 1 saturated heterocycles. The van der Waals surface area contributed by atoms with Crippen LogP contribution in [0.3, 0.4) is 0 Å². The minimum Gasteiger partial charge on any atom is -0.349 e. The topological polar surface area (TPSA) is 87.3 Å². The highest BCUT2D eigenvalue weighted by Crippen LogP contribution is 2.23. The van der Waals surface area contributed by atoms with Gasteiger partial charge >= 0.3 is 0 Å². The van der Waals surface area contributed by atoms with Crippen LogP contribution in [0.4, 0.5) is 0 Å². The van der Waals surface area contributed by atoms with Crippen LogP contribution >= 0.6 is 0 Å². The first kappa shape index (κ1) is 18.4. The maximum atomic E-state index is 12.7. The first-order valence-electron chi connectivity index (χ1n) is 9.10.